The molecule has 0 saturated heterocycles. The van der Waals surface area contributed by atoms with Crippen molar-refractivity contribution < 1.29 is 9.90 Å². The molecular formula is C14H14ClN3O2. The zero-order valence-electron chi connectivity index (χ0n) is 10.9. The number of hydrogen-bond donors (Lipinski definition) is 2. The summed E-state index contributed by atoms with van der Waals surface area (Å²) in [5, 5.41) is 9.84. The normalized spacial score (nSPS) is 10.3. The first-order valence-electron chi connectivity index (χ1n) is 5.92. The van der Waals surface area contributed by atoms with Crippen LogP contribution in [0.3, 0.4) is 0 Å². The number of benzene rings is 1. The number of hydrogen-bond acceptors (Lipinski definition) is 4. The van der Waals surface area contributed by atoms with Gasteiger partial charge in [-0.15, -0.1) is 0 Å². The molecule has 6 heteroatoms. The van der Waals surface area contributed by atoms with Crippen LogP contribution in [0.25, 0.3) is 0 Å². The number of carbonyl (C=O) groups is 1. The SMILES string of the molecule is CN(Cc1cccc(Cl)c1)c1ncc(N)cc1C(=O)O. The Kier molecular flexibility index (Phi) is 4.10. The summed E-state index contributed by atoms with van der Waals surface area (Å²) in [4.78, 5) is 17.1. The molecule has 1 heterocycles. The first-order chi connectivity index (χ1) is 9.47. The summed E-state index contributed by atoms with van der Waals surface area (Å²) in [6, 6.07) is 8.78. The van der Waals surface area contributed by atoms with E-state index < -0.39 is 5.97 Å². The number of nitrogens with zero attached hydrogens (tertiary/aromatic N) is 2. The van der Waals surface area contributed by atoms with Crippen molar-refractivity contribution in [1.82, 2.24) is 4.98 Å². The van der Waals surface area contributed by atoms with Crippen LogP contribution in [0.1, 0.15) is 15.9 Å². The van der Waals surface area contributed by atoms with Gasteiger partial charge in [0.15, 0.2) is 0 Å². The lowest BCUT2D eigenvalue weighted by Gasteiger charge is -2.20. The molecule has 0 spiro atoms. The molecule has 0 aliphatic rings. The predicted octanol–water partition coefficient (Wildman–Crippen LogP) is 2.65. The van der Waals surface area contributed by atoms with Gasteiger partial charge in [-0.25, -0.2) is 9.78 Å². The highest BCUT2D eigenvalue weighted by Crippen LogP contribution is 2.21. The Morgan fingerprint density at radius 1 is 1.45 bits per heavy atom. The number of halogens is 1. The molecule has 0 saturated carbocycles. The monoisotopic (exact) mass is 291 g/mol. The minimum Gasteiger partial charge on any atom is -0.478 e. The number of rotatable bonds is 4. The van der Waals surface area contributed by atoms with E-state index >= 15 is 0 Å². The van der Waals surface area contributed by atoms with Gasteiger partial charge in [-0.2, -0.15) is 0 Å². The molecule has 0 aliphatic heterocycles. The standard InChI is InChI=1S/C14H14ClN3O2/c1-18(8-9-3-2-4-10(15)5-9)13-12(14(19)20)6-11(16)7-17-13/h2-7H,8,16H2,1H3,(H,19,20). The maximum absolute atomic E-state index is 11.2. The van der Waals surface area contributed by atoms with Gasteiger partial charge in [0.1, 0.15) is 11.4 Å². The lowest BCUT2D eigenvalue weighted by molar-refractivity contribution is 0.0697. The van der Waals surface area contributed by atoms with Gasteiger partial charge in [0.2, 0.25) is 0 Å². The van der Waals surface area contributed by atoms with Gasteiger partial charge in [-0.05, 0) is 23.8 Å². The largest absolute Gasteiger partial charge is 0.478 e. The fraction of sp³-hybridized carbons (Fsp3) is 0.143. The Bertz CT molecular complexity index is 646. The van der Waals surface area contributed by atoms with E-state index in [2.05, 4.69) is 4.98 Å². The number of nitrogen functional groups attached to an aromatic ring is 1. The summed E-state index contributed by atoms with van der Waals surface area (Å²) in [6.07, 6.45) is 1.44. The second kappa shape index (κ2) is 5.79. The second-order valence-electron chi connectivity index (χ2n) is 4.43. The lowest BCUT2D eigenvalue weighted by Crippen LogP contribution is -2.21. The number of carboxylic acids is 1. The minimum atomic E-state index is -1.06. The van der Waals surface area contributed by atoms with Gasteiger partial charge < -0.3 is 15.7 Å². The van der Waals surface area contributed by atoms with E-state index in [1.807, 2.05) is 18.2 Å². The van der Waals surface area contributed by atoms with E-state index in [9.17, 15) is 9.90 Å². The summed E-state index contributed by atoms with van der Waals surface area (Å²) in [7, 11) is 1.77. The number of carboxylic acid groups (broad SMARTS) is 1. The van der Waals surface area contributed by atoms with Crippen LogP contribution in [0, 0.1) is 0 Å². The highest BCUT2D eigenvalue weighted by atomic mass is 35.5. The van der Waals surface area contributed by atoms with Crippen molar-refractivity contribution in [3.63, 3.8) is 0 Å². The zero-order chi connectivity index (χ0) is 14.7. The van der Waals surface area contributed by atoms with Crippen molar-refractivity contribution in [2.45, 2.75) is 6.54 Å². The van der Waals surface area contributed by atoms with Gasteiger partial charge in [0.25, 0.3) is 0 Å². The zero-order valence-corrected chi connectivity index (χ0v) is 11.6. The number of pyridine rings is 1. The van der Waals surface area contributed by atoms with Crippen molar-refractivity contribution in [1.29, 1.82) is 0 Å². The number of aromatic carboxylic acids is 1. The number of nitrogens with two attached hydrogens (primary N) is 1. The molecule has 1 aromatic carbocycles. The average Bonchev–Trinajstić information content (AvgIpc) is 2.38. The number of anilines is 2. The van der Waals surface area contributed by atoms with Gasteiger partial charge in [-0.3, -0.25) is 0 Å². The third kappa shape index (κ3) is 3.19. The molecule has 104 valence electrons. The van der Waals surface area contributed by atoms with Crippen molar-refractivity contribution in [2.75, 3.05) is 17.7 Å². The van der Waals surface area contributed by atoms with Crippen LogP contribution in [0.15, 0.2) is 36.5 Å². The Balaban J connectivity index is 2.29. The molecule has 3 N–H and O–H groups in total. The van der Waals surface area contributed by atoms with Crippen LogP contribution in [-0.2, 0) is 6.54 Å². The van der Waals surface area contributed by atoms with Crippen LogP contribution < -0.4 is 10.6 Å². The fourth-order valence-corrected chi connectivity index (χ4v) is 2.13. The first-order valence-corrected chi connectivity index (χ1v) is 6.29. The summed E-state index contributed by atoms with van der Waals surface area (Å²) in [5.74, 6) is -0.690. The topological polar surface area (TPSA) is 79.5 Å². The minimum absolute atomic E-state index is 0.0783. The molecule has 2 rings (SSSR count). The fourth-order valence-electron chi connectivity index (χ4n) is 1.92. The Morgan fingerprint density at radius 2 is 2.20 bits per heavy atom. The van der Waals surface area contributed by atoms with E-state index in [0.29, 0.717) is 23.1 Å². The van der Waals surface area contributed by atoms with Gasteiger partial charge in [0.05, 0.1) is 11.9 Å². The van der Waals surface area contributed by atoms with Crippen molar-refractivity contribution in [2.24, 2.45) is 0 Å². The van der Waals surface area contributed by atoms with E-state index in [1.165, 1.54) is 12.3 Å². The van der Waals surface area contributed by atoms with Crippen LogP contribution >= 0.6 is 11.6 Å². The van der Waals surface area contributed by atoms with Crippen LogP contribution in [0.4, 0.5) is 11.5 Å². The highest BCUT2D eigenvalue weighted by molar-refractivity contribution is 6.30. The van der Waals surface area contributed by atoms with Gasteiger partial charge >= 0.3 is 5.97 Å². The average molecular weight is 292 g/mol. The Labute approximate surface area is 121 Å². The third-order valence-corrected chi connectivity index (χ3v) is 3.02. The molecule has 1 aromatic heterocycles. The Morgan fingerprint density at radius 3 is 2.85 bits per heavy atom. The van der Waals surface area contributed by atoms with E-state index in [4.69, 9.17) is 17.3 Å². The van der Waals surface area contributed by atoms with Crippen LogP contribution in [-0.4, -0.2) is 23.1 Å². The Hall–Kier alpha value is -2.27. The van der Waals surface area contributed by atoms with Crippen molar-refractivity contribution in [3.05, 3.63) is 52.7 Å². The molecule has 20 heavy (non-hydrogen) atoms. The molecule has 5 nitrogen and oxygen atoms in total. The maximum atomic E-state index is 11.2. The van der Waals surface area contributed by atoms with E-state index in [0.717, 1.165) is 5.56 Å². The van der Waals surface area contributed by atoms with Crippen molar-refractivity contribution in [3.8, 4) is 0 Å². The molecule has 0 bridgehead atoms. The van der Waals surface area contributed by atoms with Crippen LogP contribution in [0.2, 0.25) is 5.02 Å². The first kappa shape index (κ1) is 14.1. The molecule has 0 aliphatic carbocycles. The summed E-state index contributed by atoms with van der Waals surface area (Å²) < 4.78 is 0. The van der Waals surface area contributed by atoms with Crippen molar-refractivity contribution >= 4 is 29.1 Å². The maximum Gasteiger partial charge on any atom is 0.339 e. The van der Waals surface area contributed by atoms with Gasteiger partial charge in [-0.1, -0.05) is 23.7 Å². The highest BCUT2D eigenvalue weighted by Gasteiger charge is 2.15. The predicted molar refractivity (Wildman–Crippen MR) is 79.2 cm³/mol. The summed E-state index contributed by atoms with van der Waals surface area (Å²) in [5.41, 5.74) is 6.94. The number of aromatic nitrogens is 1. The summed E-state index contributed by atoms with van der Waals surface area (Å²) >= 11 is 5.93. The molecular weight excluding hydrogens is 278 g/mol. The molecule has 0 fully saturated rings. The van der Waals surface area contributed by atoms with E-state index in [1.54, 1.807) is 18.0 Å². The van der Waals surface area contributed by atoms with Crippen LogP contribution in [0.5, 0.6) is 0 Å². The van der Waals surface area contributed by atoms with Gasteiger partial charge in [0, 0.05) is 18.6 Å². The summed E-state index contributed by atoms with van der Waals surface area (Å²) in [6.45, 7) is 0.498. The van der Waals surface area contributed by atoms with E-state index in [-0.39, 0.29) is 5.56 Å². The second-order valence-corrected chi connectivity index (χ2v) is 4.87. The molecule has 2 aromatic rings. The third-order valence-electron chi connectivity index (χ3n) is 2.79. The molecule has 0 atom stereocenters. The molecule has 0 unspecified atom stereocenters. The smallest absolute Gasteiger partial charge is 0.339 e. The molecule has 0 amide bonds. The molecule has 0 radical (unpaired) electrons. The quantitative estimate of drug-likeness (QED) is 0.905. The lowest BCUT2D eigenvalue weighted by atomic mass is 10.2.